The zero-order chi connectivity index (χ0) is 27.4. The molecule has 2 N–H and O–H groups in total. The van der Waals surface area contributed by atoms with Gasteiger partial charge in [-0.3, -0.25) is 9.48 Å². The molecule has 0 radical (unpaired) electrons. The van der Waals surface area contributed by atoms with Crippen molar-refractivity contribution in [1.29, 1.82) is 0 Å². The topological polar surface area (TPSA) is 137 Å². The third kappa shape index (κ3) is 4.72. The summed E-state index contributed by atoms with van der Waals surface area (Å²) in [6.45, 7) is 5.61. The van der Waals surface area contributed by atoms with E-state index in [0.29, 0.717) is 5.56 Å². The summed E-state index contributed by atoms with van der Waals surface area (Å²) >= 11 is 0. The van der Waals surface area contributed by atoms with Gasteiger partial charge in [-0.05, 0) is 23.8 Å². The minimum Gasteiger partial charge on any atom is -0.420 e. The average molecular weight is 539 g/mol. The van der Waals surface area contributed by atoms with Gasteiger partial charge in [0.25, 0.3) is 5.89 Å². The smallest absolute Gasteiger partial charge is 0.250 e. The molecule has 0 unspecified atom stereocenters. The minimum atomic E-state index is -4.07. The summed E-state index contributed by atoms with van der Waals surface area (Å²) < 4.78 is 48.9. The van der Waals surface area contributed by atoms with Crippen molar-refractivity contribution < 1.29 is 22.0 Å². The number of nitrogens with zero attached hydrogens (tertiary/aromatic N) is 5. The number of aromatic nitrogens is 4. The molecule has 1 aliphatic rings. The van der Waals surface area contributed by atoms with E-state index in [4.69, 9.17) is 10.2 Å². The van der Waals surface area contributed by atoms with Crippen LogP contribution in [-0.4, -0.2) is 46.1 Å². The molecule has 198 valence electrons. The van der Waals surface area contributed by atoms with Gasteiger partial charge in [0.2, 0.25) is 11.8 Å². The molecule has 0 aliphatic carbocycles. The van der Waals surface area contributed by atoms with Crippen molar-refractivity contribution in [1.82, 2.24) is 20.0 Å². The van der Waals surface area contributed by atoms with Gasteiger partial charge >= 0.3 is 0 Å². The summed E-state index contributed by atoms with van der Waals surface area (Å²) in [5.74, 6) is -1.93. The summed E-state index contributed by atoms with van der Waals surface area (Å²) in [5, 5.41) is 12.4. The Hall–Kier alpha value is -3.90. The van der Waals surface area contributed by atoms with Crippen molar-refractivity contribution >= 4 is 21.4 Å². The SMILES string of the molecule is Cn1ccc(-c2ccc(CN3C(=O)[C@@H](N)CS(=O)(=O)c4cc(F)c(-c5nnc(C(C)(C)C)o5)cc43)cc2)n1. The second-order valence-corrected chi connectivity index (χ2v) is 12.3. The maximum absolute atomic E-state index is 15.3. The number of carbonyl (C=O) groups is 1. The van der Waals surface area contributed by atoms with Gasteiger partial charge in [-0.15, -0.1) is 10.2 Å². The van der Waals surface area contributed by atoms with Crippen LogP contribution in [0.1, 0.15) is 32.2 Å². The fraction of sp³-hybridized carbons (Fsp3) is 0.308. The highest BCUT2D eigenvalue weighted by atomic mass is 32.2. The van der Waals surface area contributed by atoms with Crippen LogP contribution in [0.15, 0.2) is 58.0 Å². The standard InChI is InChI=1S/C26H27FN6O4S/c1-26(2,3)25-30-29-23(37-25)17-11-21-22(12-18(17)27)38(35,36)14-19(28)24(34)33(21)13-15-5-7-16(8-6-15)20-9-10-32(4)31-20/h5-12,19H,13-14,28H2,1-4H3/t19-/m0/s1. The molecule has 0 saturated carbocycles. The van der Waals surface area contributed by atoms with Crippen molar-refractivity contribution in [2.24, 2.45) is 12.8 Å². The molecule has 0 spiro atoms. The molecule has 10 nitrogen and oxygen atoms in total. The van der Waals surface area contributed by atoms with E-state index in [0.717, 1.165) is 17.3 Å². The zero-order valence-corrected chi connectivity index (χ0v) is 22.2. The maximum Gasteiger partial charge on any atom is 0.250 e. The number of carbonyl (C=O) groups excluding carboxylic acids is 1. The predicted molar refractivity (Wildman–Crippen MR) is 138 cm³/mol. The Labute approximate surface area is 219 Å². The Morgan fingerprint density at radius 3 is 2.45 bits per heavy atom. The zero-order valence-electron chi connectivity index (χ0n) is 21.3. The lowest BCUT2D eigenvalue weighted by molar-refractivity contribution is -0.119. The number of aryl methyl sites for hydroxylation is 1. The molecule has 5 rings (SSSR count). The van der Waals surface area contributed by atoms with Gasteiger partial charge in [0.05, 0.1) is 40.2 Å². The van der Waals surface area contributed by atoms with Crippen LogP contribution >= 0.6 is 0 Å². The quantitative estimate of drug-likeness (QED) is 0.418. The van der Waals surface area contributed by atoms with E-state index in [-0.39, 0.29) is 34.5 Å². The minimum absolute atomic E-state index is 0.00339. The largest absolute Gasteiger partial charge is 0.420 e. The summed E-state index contributed by atoms with van der Waals surface area (Å²) in [6, 6.07) is 10.1. The number of amides is 1. The Kier molecular flexibility index (Phi) is 6.19. The molecule has 2 aromatic carbocycles. The van der Waals surface area contributed by atoms with E-state index in [1.807, 2.05) is 64.3 Å². The maximum atomic E-state index is 15.3. The number of hydrogen-bond acceptors (Lipinski definition) is 8. The predicted octanol–water partition coefficient (Wildman–Crippen LogP) is 3.22. The molecule has 1 aliphatic heterocycles. The van der Waals surface area contributed by atoms with E-state index < -0.39 is 38.8 Å². The van der Waals surface area contributed by atoms with E-state index >= 15 is 4.39 Å². The molecule has 1 amide bonds. The van der Waals surface area contributed by atoms with Crippen LogP contribution in [0.5, 0.6) is 0 Å². The first-order valence-corrected chi connectivity index (χ1v) is 13.6. The number of nitrogens with two attached hydrogens (primary N) is 1. The van der Waals surface area contributed by atoms with Gasteiger partial charge in [0.15, 0.2) is 9.84 Å². The molecular formula is C26H27FN6O4S. The fourth-order valence-corrected chi connectivity index (χ4v) is 5.78. The van der Waals surface area contributed by atoms with Crippen molar-refractivity contribution in [3.8, 4) is 22.7 Å². The van der Waals surface area contributed by atoms with Crippen molar-refractivity contribution in [3.05, 3.63) is 65.9 Å². The van der Waals surface area contributed by atoms with Gasteiger partial charge in [0.1, 0.15) is 5.82 Å². The van der Waals surface area contributed by atoms with Gasteiger partial charge in [-0.1, -0.05) is 45.0 Å². The van der Waals surface area contributed by atoms with Gasteiger partial charge < -0.3 is 15.1 Å². The second-order valence-electron chi connectivity index (χ2n) is 10.3. The van der Waals surface area contributed by atoms with Gasteiger partial charge in [-0.25, -0.2) is 12.8 Å². The van der Waals surface area contributed by atoms with Crippen molar-refractivity contribution in [2.45, 2.75) is 43.7 Å². The number of sulfone groups is 1. The summed E-state index contributed by atoms with van der Waals surface area (Å²) in [5.41, 5.74) is 7.80. The van der Waals surface area contributed by atoms with Crippen LogP contribution in [-0.2, 0) is 33.6 Å². The van der Waals surface area contributed by atoms with Crippen LogP contribution in [0.25, 0.3) is 22.7 Å². The van der Waals surface area contributed by atoms with E-state index in [1.54, 1.807) is 4.68 Å². The lowest BCUT2D eigenvalue weighted by atomic mass is 9.97. The second kappa shape index (κ2) is 9.14. The van der Waals surface area contributed by atoms with Crippen LogP contribution in [0, 0.1) is 5.82 Å². The number of halogens is 1. The van der Waals surface area contributed by atoms with E-state index in [2.05, 4.69) is 15.3 Å². The Balaban J connectivity index is 1.59. The van der Waals surface area contributed by atoms with Crippen molar-refractivity contribution in [2.75, 3.05) is 10.7 Å². The highest BCUT2D eigenvalue weighted by Gasteiger charge is 2.37. The van der Waals surface area contributed by atoms with Crippen LogP contribution in [0.3, 0.4) is 0 Å². The molecule has 38 heavy (non-hydrogen) atoms. The average Bonchev–Trinajstić information content (AvgIpc) is 3.50. The van der Waals surface area contributed by atoms with E-state index in [9.17, 15) is 13.2 Å². The number of fused-ring (bicyclic) bond motifs is 1. The van der Waals surface area contributed by atoms with Gasteiger partial charge in [-0.2, -0.15) is 5.10 Å². The molecule has 4 aromatic rings. The highest BCUT2D eigenvalue weighted by molar-refractivity contribution is 7.91. The molecule has 1 atom stereocenters. The van der Waals surface area contributed by atoms with Crippen LogP contribution in [0.4, 0.5) is 10.1 Å². The fourth-order valence-electron chi connectivity index (χ4n) is 4.21. The first kappa shape index (κ1) is 25.7. The van der Waals surface area contributed by atoms with E-state index in [1.165, 1.54) is 11.0 Å². The number of anilines is 1. The summed E-state index contributed by atoms with van der Waals surface area (Å²) in [4.78, 5) is 14.3. The Morgan fingerprint density at radius 1 is 1.13 bits per heavy atom. The lowest BCUT2D eigenvalue weighted by Crippen LogP contribution is -2.45. The third-order valence-electron chi connectivity index (χ3n) is 6.26. The van der Waals surface area contributed by atoms with Gasteiger partial charge in [0, 0.05) is 24.2 Å². The van der Waals surface area contributed by atoms with Crippen molar-refractivity contribution in [3.63, 3.8) is 0 Å². The third-order valence-corrected chi connectivity index (χ3v) is 8.05. The molecule has 3 heterocycles. The number of hydrogen-bond donors (Lipinski definition) is 1. The van der Waals surface area contributed by atoms with Crippen LogP contribution < -0.4 is 10.6 Å². The summed E-state index contributed by atoms with van der Waals surface area (Å²) in [6.07, 6.45) is 1.84. The molecular weight excluding hydrogens is 511 g/mol. The summed E-state index contributed by atoms with van der Waals surface area (Å²) in [7, 11) is -2.24. The molecule has 0 saturated heterocycles. The molecule has 2 aromatic heterocycles. The monoisotopic (exact) mass is 538 g/mol. The lowest BCUT2D eigenvalue weighted by Gasteiger charge is -2.24. The van der Waals surface area contributed by atoms with Crippen LogP contribution in [0.2, 0.25) is 0 Å². The number of benzene rings is 2. The molecule has 0 fully saturated rings. The first-order chi connectivity index (χ1) is 17.8. The first-order valence-electron chi connectivity index (χ1n) is 11.9. The number of rotatable bonds is 4. The highest BCUT2D eigenvalue weighted by Crippen LogP contribution is 2.37. The molecule has 12 heteroatoms. The Morgan fingerprint density at radius 2 is 1.84 bits per heavy atom. The Bertz CT molecular complexity index is 1640. The molecule has 0 bridgehead atoms. The normalized spacial score (nSPS) is 17.4.